The molecule has 2 aromatic heterocycles. The number of fused-ring (bicyclic) bond motifs is 1. The van der Waals surface area contributed by atoms with E-state index in [1.54, 1.807) is 53.3 Å². The van der Waals surface area contributed by atoms with Crippen LogP contribution in [-0.2, 0) is 17.9 Å². The molecule has 2 heterocycles. The number of carbonyl (C=O) groups excluding carboxylic acids is 2. The van der Waals surface area contributed by atoms with Crippen LogP contribution in [0.25, 0.3) is 10.9 Å². The van der Waals surface area contributed by atoms with Crippen molar-refractivity contribution >= 4 is 34.4 Å². The Balaban J connectivity index is 1.45. The number of rotatable bonds is 10. The maximum Gasteiger partial charge on any atom is 0.262 e. The van der Waals surface area contributed by atoms with Crippen molar-refractivity contribution in [3.8, 4) is 0 Å². The highest BCUT2D eigenvalue weighted by Crippen LogP contribution is 2.20. The molecule has 0 spiro atoms. The van der Waals surface area contributed by atoms with Crippen molar-refractivity contribution in [1.29, 1.82) is 0 Å². The van der Waals surface area contributed by atoms with Gasteiger partial charge < -0.3 is 9.73 Å². The van der Waals surface area contributed by atoms with Gasteiger partial charge in [-0.3, -0.25) is 19.0 Å². The molecule has 4 aromatic rings. The van der Waals surface area contributed by atoms with Gasteiger partial charge in [-0.2, -0.15) is 0 Å². The highest BCUT2D eigenvalue weighted by Gasteiger charge is 2.14. The first-order chi connectivity index (χ1) is 16.1. The molecule has 7 nitrogen and oxygen atoms in total. The van der Waals surface area contributed by atoms with Gasteiger partial charge in [0, 0.05) is 18.5 Å². The molecule has 0 saturated heterocycles. The van der Waals surface area contributed by atoms with E-state index in [1.807, 2.05) is 24.3 Å². The fourth-order valence-electron chi connectivity index (χ4n) is 3.38. The minimum absolute atomic E-state index is 0.0353. The Morgan fingerprint density at radius 3 is 2.58 bits per heavy atom. The molecular weight excluding hydrogens is 438 g/mol. The molecule has 0 saturated carbocycles. The summed E-state index contributed by atoms with van der Waals surface area (Å²) in [5.41, 5.74) is 1.03. The number of furan rings is 1. The molecule has 0 bridgehead atoms. The number of thioether (sulfide) groups is 1. The number of ketones is 1. The van der Waals surface area contributed by atoms with Crippen LogP contribution < -0.4 is 10.9 Å². The monoisotopic (exact) mass is 461 g/mol. The van der Waals surface area contributed by atoms with E-state index in [9.17, 15) is 14.4 Å². The summed E-state index contributed by atoms with van der Waals surface area (Å²) in [6.45, 7) is 0.651. The minimum Gasteiger partial charge on any atom is -0.467 e. The van der Waals surface area contributed by atoms with Gasteiger partial charge in [-0.15, -0.1) is 0 Å². The summed E-state index contributed by atoms with van der Waals surface area (Å²) in [5, 5.41) is 3.79. The number of nitrogens with zero attached hydrogens (tertiary/aromatic N) is 2. The Hall–Kier alpha value is -3.65. The zero-order valence-electron chi connectivity index (χ0n) is 17.9. The predicted octanol–water partition coefficient (Wildman–Crippen LogP) is 4.06. The Labute approximate surface area is 194 Å². The van der Waals surface area contributed by atoms with Crippen molar-refractivity contribution in [2.45, 2.75) is 31.1 Å². The fraction of sp³-hybridized carbons (Fsp3) is 0.200. The molecule has 0 aliphatic carbocycles. The summed E-state index contributed by atoms with van der Waals surface area (Å²) in [6, 6.07) is 19.7. The summed E-state index contributed by atoms with van der Waals surface area (Å²) in [4.78, 5) is 42.5. The van der Waals surface area contributed by atoms with Gasteiger partial charge in [0.2, 0.25) is 5.91 Å². The van der Waals surface area contributed by atoms with Crippen LogP contribution in [0, 0.1) is 0 Å². The van der Waals surface area contributed by atoms with Crippen molar-refractivity contribution in [3.05, 3.63) is 94.7 Å². The standard InChI is InChI=1S/C25H23N3O4S/c29-22(18-8-2-1-3-9-18)17-33-25-27-21-12-5-4-11-20(21)24(31)28(25)14-6-13-23(30)26-16-19-10-7-15-32-19/h1-5,7-12,15H,6,13-14,16-17H2,(H,26,30). The Morgan fingerprint density at radius 1 is 1.00 bits per heavy atom. The van der Waals surface area contributed by atoms with Crippen LogP contribution >= 0.6 is 11.8 Å². The molecule has 1 N–H and O–H groups in total. The van der Waals surface area contributed by atoms with Gasteiger partial charge in [0.25, 0.3) is 5.56 Å². The SMILES string of the molecule is O=C(CCCn1c(SCC(=O)c2ccccc2)nc2ccccc2c1=O)NCc1ccco1. The molecule has 33 heavy (non-hydrogen) atoms. The van der Waals surface area contributed by atoms with Crippen molar-refractivity contribution in [2.75, 3.05) is 5.75 Å². The molecule has 168 valence electrons. The third-order valence-corrected chi connectivity index (χ3v) is 6.06. The summed E-state index contributed by atoms with van der Waals surface area (Å²) in [5.74, 6) is 0.687. The van der Waals surface area contributed by atoms with Crippen molar-refractivity contribution in [3.63, 3.8) is 0 Å². The van der Waals surface area contributed by atoms with Crippen LogP contribution in [0.15, 0.2) is 87.4 Å². The molecule has 4 rings (SSSR count). The van der Waals surface area contributed by atoms with Crippen molar-refractivity contribution < 1.29 is 14.0 Å². The highest BCUT2D eigenvalue weighted by atomic mass is 32.2. The lowest BCUT2D eigenvalue weighted by Crippen LogP contribution is -2.26. The first-order valence-corrected chi connectivity index (χ1v) is 11.6. The molecule has 0 aliphatic rings. The number of hydrogen-bond donors (Lipinski definition) is 1. The molecule has 1 amide bonds. The van der Waals surface area contributed by atoms with Crippen LogP contribution in [0.5, 0.6) is 0 Å². The van der Waals surface area contributed by atoms with Crippen LogP contribution in [0.3, 0.4) is 0 Å². The Kier molecular flexibility index (Phi) is 7.36. The number of aromatic nitrogens is 2. The Bertz CT molecular complexity index is 1300. The number of Topliss-reactive ketones (excluding diaryl/α,β-unsaturated/α-hetero) is 1. The van der Waals surface area contributed by atoms with Crippen LogP contribution in [0.4, 0.5) is 0 Å². The first-order valence-electron chi connectivity index (χ1n) is 10.6. The Morgan fingerprint density at radius 2 is 1.79 bits per heavy atom. The topological polar surface area (TPSA) is 94.2 Å². The van der Waals surface area contributed by atoms with Crippen LogP contribution in [-0.4, -0.2) is 27.0 Å². The summed E-state index contributed by atoms with van der Waals surface area (Å²) in [7, 11) is 0. The number of benzene rings is 2. The largest absolute Gasteiger partial charge is 0.467 e. The van der Waals surface area contributed by atoms with Crippen molar-refractivity contribution in [2.24, 2.45) is 0 Å². The first kappa shape index (κ1) is 22.5. The molecule has 0 atom stereocenters. The van der Waals surface area contributed by atoms with Crippen LogP contribution in [0.2, 0.25) is 0 Å². The van der Waals surface area contributed by atoms with E-state index in [0.717, 1.165) is 0 Å². The average molecular weight is 462 g/mol. The zero-order chi connectivity index (χ0) is 23.0. The van der Waals surface area contributed by atoms with E-state index < -0.39 is 0 Å². The van der Waals surface area contributed by atoms with Gasteiger partial charge in [-0.05, 0) is 30.7 Å². The summed E-state index contributed by atoms with van der Waals surface area (Å²) < 4.78 is 6.77. The van der Waals surface area contributed by atoms with E-state index >= 15 is 0 Å². The molecular formula is C25H23N3O4S. The zero-order valence-corrected chi connectivity index (χ0v) is 18.7. The van der Waals surface area contributed by atoms with Gasteiger partial charge >= 0.3 is 0 Å². The number of hydrogen-bond acceptors (Lipinski definition) is 6. The summed E-state index contributed by atoms with van der Waals surface area (Å²) >= 11 is 1.24. The van der Waals surface area contributed by atoms with E-state index in [4.69, 9.17) is 4.42 Å². The van der Waals surface area contributed by atoms with E-state index in [2.05, 4.69) is 10.3 Å². The molecule has 0 unspecified atom stereocenters. The number of nitrogens with one attached hydrogen (secondary N) is 1. The molecule has 0 radical (unpaired) electrons. The maximum atomic E-state index is 13.1. The molecule has 0 aliphatic heterocycles. The second-order valence-electron chi connectivity index (χ2n) is 7.41. The maximum absolute atomic E-state index is 13.1. The van der Waals surface area contributed by atoms with E-state index in [-0.39, 0.29) is 29.4 Å². The quantitative estimate of drug-likeness (QED) is 0.217. The molecule has 0 fully saturated rings. The van der Waals surface area contributed by atoms with Crippen molar-refractivity contribution in [1.82, 2.24) is 14.9 Å². The van der Waals surface area contributed by atoms with Gasteiger partial charge in [0.1, 0.15) is 5.76 Å². The average Bonchev–Trinajstić information content (AvgIpc) is 3.37. The third-order valence-electron chi connectivity index (χ3n) is 5.08. The molecule has 2 aromatic carbocycles. The van der Waals surface area contributed by atoms with Gasteiger partial charge in [-0.1, -0.05) is 54.2 Å². The lowest BCUT2D eigenvalue weighted by atomic mass is 10.2. The normalized spacial score (nSPS) is 10.9. The fourth-order valence-corrected chi connectivity index (χ4v) is 4.30. The smallest absolute Gasteiger partial charge is 0.262 e. The number of para-hydroxylation sites is 1. The van der Waals surface area contributed by atoms with E-state index in [0.29, 0.717) is 46.9 Å². The van der Waals surface area contributed by atoms with Gasteiger partial charge in [0.05, 0.1) is 29.5 Å². The highest BCUT2D eigenvalue weighted by molar-refractivity contribution is 7.99. The molecule has 8 heteroatoms. The summed E-state index contributed by atoms with van der Waals surface area (Å²) in [6.07, 6.45) is 2.28. The van der Waals surface area contributed by atoms with Gasteiger partial charge in [0.15, 0.2) is 10.9 Å². The second kappa shape index (κ2) is 10.8. The lowest BCUT2D eigenvalue weighted by Gasteiger charge is -2.13. The second-order valence-corrected chi connectivity index (χ2v) is 8.35. The van der Waals surface area contributed by atoms with E-state index in [1.165, 1.54) is 11.8 Å². The minimum atomic E-state index is -0.175. The van der Waals surface area contributed by atoms with Gasteiger partial charge in [-0.25, -0.2) is 4.98 Å². The third kappa shape index (κ3) is 5.78. The predicted molar refractivity (Wildman–Crippen MR) is 127 cm³/mol. The van der Waals surface area contributed by atoms with Crippen LogP contribution in [0.1, 0.15) is 29.0 Å². The number of carbonyl (C=O) groups is 2. The number of amides is 1. The lowest BCUT2D eigenvalue weighted by molar-refractivity contribution is -0.121.